The molecule has 2 heterocycles. The number of carbonyl (C=O) groups excluding carboxylic acids is 2. The molecule has 0 aromatic heterocycles. The number of ether oxygens (including phenoxy) is 1. The molecule has 0 aliphatic carbocycles. The Hall–Kier alpha value is -2.86. The van der Waals surface area contributed by atoms with Crippen LogP contribution in [0.1, 0.15) is 61.4 Å². The molecule has 1 N–H and O–H groups in total. The van der Waals surface area contributed by atoms with Gasteiger partial charge in [-0.2, -0.15) is 0 Å². The van der Waals surface area contributed by atoms with E-state index in [0.29, 0.717) is 25.3 Å². The molecule has 2 amide bonds. The summed E-state index contributed by atoms with van der Waals surface area (Å²) < 4.78 is 6.07. The SMILES string of the molecule is CCC(=O)N1CCc2ccc(OC(C)C(=O)NCCN3CCCC3)cc2C1c1cccc(C)c1. The van der Waals surface area contributed by atoms with Crippen LogP contribution in [0.25, 0.3) is 0 Å². The van der Waals surface area contributed by atoms with Crippen molar-refractivity contribution in [1.82, 2.24) is 15.1 Å². The fourth-order valence-corrected chi connectivity index (χ4v) is 5.08. The maximum Gasteiger partial charge on any atom is 0.260 e. The molecular weight excluding hydrogens is 426 g/mol. The summed E-state index contributed by atoms with van der Waals surface area (Å²) >= 11 is 0. The number of nitrogens with zero attached hydrogens (tertiary/aromatic N) is 2. The Bertz CT molecular complexity index is 1020. The van der Waals surface area contributed by atoms with E-state index in [9.17, 15) is 9.59 Å². The third-order valence-electron chi connectivity index (χ3n) is 6.93. The second kappa shape index (κ2) is 11.0. The van der Waals surface area contributed by atoms with Crippen LogP contribution in [-0.4, -0.2) is 60.4 Å². The van der Waals surface area contributed by atoms with Crippen molar-refractivity contribution in [2.45, 2.75) is 58.6 Å². The number of likely N-dealkylation sites (tertiary alicyclic amines) is 1. The molecule has 2 aromatic rings. The highest BCUT2D eigenvalue weighted by atomic mass is 16.5. The van der Waals surface area contributed by atoms with E-state index < -0.39 is 6.10 Å². The highest BCUT2D eigenvalue weighted by molar-refractivity contribution is 5.80. The largest absolute Gasteiger partial charge is 0.481 e. The molecule has 1 fully saturated rings. The molecule has 4 rings (SSSR count). The second-order valence-electron chi connectivity index (χ2n) is 9.47. The molecule has 6 nitrogen and oxygen atoms in total. The van der Waals surface area contributed by atoms with Crippen molar-refractivity contribution in [3.05, 3.63) is 64.7 Å². The predicted molar refractivity (Wildman–Crippen MR) is 134 cm³/mol. The van der Waals surface area contributed by atoms with Gasteiger partial charge in [-0.05, 0) is 75.0 Å². The van der Waals surface area contributed by atoms with Gasteiger partial charge in [0.15, 0.2) is 6.10 Å². The minimum Gasteiger partial charge on any atom is -0.481 e. The Kier molecular flexibility index (Phi) is 7.88. The standard InChI is InChI=1S/C28H37N3O3/c1-4-26(32)31-16-12-22-10-11-24(19-25(22)27(31)23-9-7-8-20(2)18-23)34-21(3)28(33)29-13-17-30-14-5-6-15-30/h7-11,18-19,21,27H,4-6,12-17H2,1-3H3,(H,29,33). The van der Waals surface area contributed by atoms with Crippen LogP contribution in [0.3, 0.4) is 0 Å². The van der Waals surface area contributed by atoms with Crippen LogP contribution < -0.4 is 10.1 Å². The first-order valence-electron chi connectivity index (χ1n) is 12.6. The highest BCUT2D eigenvalue weighted by Gasteiger charge is 2.32. The average Bonchev–Trinajstić information content (AvgIpc) is 3.36. The van der Waals surface area contributed by atoms with Crippen LogP contribution in [0.15, 0.2) is 42.5 Å². The van der Waals surface area contributed by atoms with Gasteiger partial charge in [0.1, 0.15) is 5.75 Å². The summed E-state index contributed by atoms with van der Waals surface area (Å²) in [6.45, 7) is 10.2. The molecule has 2 atom stereocenters. The number of nitrogens with one attached hydrogen (secondary N) is 1. The predicted octanol–water partition coefficient (Wildman–Crippen LogP) is 3.86. The monoisotopic (exact) mass is 463 g/mol. The number of fused-ring (bicyclic) bond motifs is 1. The smallest absolute Gasteiger partial charge is 0.260 e. The Morgan fingerprint density at radius 1 is 1.12 bits per heavy atom. The van der Waals surface area contributed by atoms with Gasteiger partial charge in [-0.3, -0.25) is 9.59 Å². The molecule has 0 radical (unpaired) electrons. The summed E-state index contributed by atoms with van der Waals surface area (Å²) in [5, 5.41) is 3.00. The number of rotatable bonds is 8. The van der Waals surface area contributed by atoms with Crippen LogP contribution in [-0.2, 0) is 16.0 Å². The van der Waals surface area contributed by atoms with Crippen molar-refractivity contribution in [2.75, 3.05) is 32.7 Å². The van der Waals surface area contributed by atoms with E-state index in [4.69, 9.17) is 4.74 Å². The van der Waals surface area contributed by atoms with Crippen molar-refractivity contribution in [3.8, 4) is 5.75 Å². The summed E-state index contributed by atoms with van der Waals surface area (Å²) in [7, 11) is 0. The van der Waals surface area contributed by atoms with Gasteiger partial charge in [-0.15, -0.1) is 0 Å². The molecular formula is C28H37N3O3. The van der Waals surface area contributed by atoms with Crippen molar-refractivity contribution in [1.29, 1.82) is 0 Å². The van der Waals surface area contributed by atoms with Gasteiger partial charge in [0.05, 0.1) is 6.04 Å². The van der Waals surface area contributed by atoms with Gasteiger partial charge in [-0.1, -0.05) is 42.8 Å². The van der Waals surface area contributed by atoms with Crippen molar-refractivity contribution < 1.29 is 14.3 Å². The van der Waals surface area contributed by atoms with E-state index in [1.54, 1.807) is 6.92 Å². The molecule has 2 aromatic carbocycles. The molecule has 34 heavy (non-hydrogen) atoms. The van der Waals surface area contributed by atoms with E-state index in [0.717, 1.165) is 37.2 Å². The zero-order chi connectivity index (χ0) is 24.1. The molecule has 0 saturated carbocycles. The molecule has 0 spiro atoms. The maximum absolute atomic E-state index is 12.8. The first-order valence-corrected chi connectivity index (χ1v) is 12.6. The number of amides is 2. The normalized spacial score (nSPS) is 18.9. The summed E-state index contributed by atoms with van der Waals surface area (Å²) in [5.74, 6) is 0.702. The Balaban J connectivity index is 1.50. The highest BCUT2D eigenvalue weighted by Crippen LogP contribution is 2.38. The van der Waals surface area contributed by atoms with Gasteiger partial charge >= 0.3 is 0 Å². The average molecular weight is 464 g/mol. The van der Waals surface area contributed by atoms with E-state index in [2.05, 4.69) is 41.4 Å². The number of hydrogen-bond acceptors (Lipinski definition) is 4. The molecule has 1 saturated heterocycles. The minimum absolute atomic E-state index is 0.102. The maximum atomic E-state index is 12.8. The van der Waals surface area contributed by atoms with E-state index >= 15 is 0 Å². The summed E-state index contributed by atoms with van der Waals surface area (Å²) in [4.78, 5) is 29.8. The third kappa shape index (κ3) is 5.61. The topological polar surface area (TPSA) is 61.9 Å². The summed E-state index contributed by atoms with van der Waals surface area (Å²) in [6.07, 6.45) is 3.19. The van der Waals surface area contributed by atoms with E-state index in [1.807, 2.05) is 30.0 Å². The molecule has 182 valence electrons. The zero-order valence-corrected chi connectivity index (χ0v) is 20.7. The van der Waals surface area contributed by atoms with Gasteiger partial charge in [0, 0.05) is 26.1 Å². The van der Waals surface area contributed by atoms with Crippen molar-refractivity contribution >= 4 is 11.8 Å². The number of hydrogen-bond donors (Lipinski definition) is 1. The van der Waals surface area contributed by atoms with Gasteiger partial charge in [0.2, 0.25) is 5.91 Å². The summed E-state index contributed by atoms with van der Waals surface area (Å²) in [6, 6.07) is 14.3. The Morgan fingerprint density at radius 3 is 2.65 bits per heavy atom. The van der Waals surface area contributed by atoms with E-state index in [-0.39, 0.29) is 17.9 Å². The van der Waals surface area contributed by atoms with Crippen molar-refractivity contribution in [2.24, 2.45) is 0 Å². The lowest BCUT2D eigenvalue weighted by Crippen LogP contribution is -2.41. The first kappa shape index (κ1) is 24.3. The van der Waals surface area contributed by atoms with Gasteiger partial charge < -0.3 is 19.9 Å². The Labute approximate surface area is 203 Å². The lowest BCUT2D eigenvalue weighted by Gasteiger charge is -2.38. The minimum atomic E-state index is -0.592. The third-order valence-corrected chi connectivity index (χ3v) is 6.93. The van der Waals surface area contributed by atoms with E-state index in [1.165, 1.54) is 24.0 Å². The van der Waals surface area contributed by atoms with Gasteiger partial charge in [0.25, 0.3) is 5.91 Å². The first-order chi connectivity index (χ1) is 16.5. The molecule has 2 unspecified atom stereocenters. The molecule has 2 aliphatic rings. The molecule has 2 aliphatic heterocycles. The molecule has 6 heteroatoms. The quantitative estimate of drug-likeness (QED) is 0.646. The fourth-order valence-electron chi connectivity index (χ4n) is 5.08. The fraction of sp³-hybridized carbons (Fsp3) is 0.500. The van der Waals surface area contributed by atoms with Crippen LogP contribution in [0, 0.1) is 6.92 Å². The second-order valence-corrected chi connectivity index (χ2v) is 9.47. The molecule has 0 bridgehead atoms. The zero-order valence-electron chi connectivity index (χ0n) is 20.7. The number of carbonyl (C=O) groups is 2. The van der Waals surface area contributed by atoms with Crippen LogP contribution in [0.5, 0.6) is 5.75 Å². The van der Waals surface area contributed by atoms with Crippen LogP contribution in [0.4, 0.5) is 0 Å². The number of aryl methyl sites for hydroxylation is 1. The lowest BCUT2D eigenvalue weighted by atomic mass is 9.87. The number of benzene rings is 2. The van der Waals surface area contributed by atoms with Gasteiger partial charge in [-0.25, -0.2) is 0 Å². The van der Waals surface area contributed by atoms with Crippen LogP contribution >= 0.6 is 0 Å². The van der Waals surface area contributed by atoms with Crippen LogP contribution in [0.2, 0.25) is 0 Å². The lowest BCUT2D eigenvalue weighted by molar-refractivity contribution is -0.133. The Morgan fingerprint density at radius 2 is 1.91 bits per heavy atom. The van der Waals surface area contributed by atoms with Crippen molar-refractivity contribution in [3.63, 3.8) is 0 Å². The summed E-state index contributed by atoms with van der Waals surface area (Å²) in [5.41, 5.74) is 4.58.